The van der Waals surface area contributed by atoms with Gasteiger partial charge in [0.2, 0.25) is 0 Å². The van der Waals surface area contributed by atoms with E-state index >= 15 is 0 Å². The number of benzene rings is 1. The zero-order chi connectivity index (χ0) is 13.0. The van der Waals surface area contributed by atoms with Crippen LogP contribution in [0.3, 0.4) is 0 Å². The standard InChI is InChI=1S/C13H14ClN3O/c1-18-11-5-2-4-10(14)9(11)8-16-13-7-3-6-12(15)17-13/h2-7H,8H2,1H3,(H3,15,16,17). The monoisotopic (exact) mass is 263 g/mol. The summed E-state index contributed by atoms with van der Waals surface area (Å²) in [4.78, 5) is 4.16. The third-order valence-electron chi connectivity index (χ3n) is 2.51. The van der Waals surface area contributed by atoms with Crippen LogP contribution in [-0.2, 0) is 6.54 Å². The molecule has 0 spiro atoms. The maximum atomic E-state index is 6.14. The average Bonchev–Trinajstić information content (AvgIpc) is 2.37. The van der Waals surface area contributed by atoms with E-state index in [0.29, 0.717) is 23.2 Å². The van der Waals surface area contributed by atoms with E-state index in [2.05, 4.69) is 10.3 Å². The molecule has 0 amide bonds. The lowest BCUT2D eigenvalue weighted by atomic mass is 10.2. The molecule has 0 atom stereocenters. The SMILES string of the molecule is COc1cccc(Cl)c1CNc1cccc(N)n1. The second-order valence-electron chi connectivity index (χ2n) is 3.72. The van der Waals surface area contributed by atoms with Crippen molar-refractivity contribution in [1.29, 1.82) is 0 Å². The summed E-state index contributed by atoms with van der Waals surface area (Å²) in [5.41, 5.74) is 6.51. The second-order valence-corrected chi connectivity index (χ2v) is 4.13. The Kier molecular flexibility index (Phi) is 3.89. The molecule has 0 aliphatic heterocycles. The van der Waals surface area contributed by atoms with Crippen LogP contribution in [0.1, 0.15) is 5.56 Å². The number of hydrogen-bond acceptors (Lipinski definition) is 4. The third-order valence-corrected chi connectivity index (χ3v) is 2.87. The first-order valence-electron chi connectivity index (χ1n) is 5.48. The molecule has 4 nitrogen and oxygen atoms in total. The lowest BCUT2D eigenvalue weighted by Crippen LogP contribution is -2.04. The van der Waals surface area contributed by atoms with Crippen LogP contribution in [0.2, 0.25) is 5.02 Å². The molecular formula is C13H14ClN3O. The fraction of sp³-hybridized carbons (Fsp3) is 0.154. The van der Waals surface area contributed by atoms with Crippen molar-refractivity contribution in [2.45, 2.75) is 6.54 Å². The lowest BCUT2D eigenvalue weighted by molar-refractivity contribution is 0.410. The van der Waals surface area contributed by atoms with Gasteiger partial charge in [-0.15, -0.1) is 0 Å². The molecule has 2 rings (SSSR count). The molecule has 5 heteroatoms. The minimum Gasteiger partial charge on any atom is -0.496 e. The first-order chi connectivity index (χ1) is 8.70. The fourth-order valence-corrected chi connectivity index (χ4v) is 1.86. The van der Waals surface area contributed by atoms with Gasteiger partial charge in [-0.1, -0.05) is 23.7 Å². The van der Waals surface area contributed by atoms with E-state index in [-0.39, 0.29) is 0 Å². The smallest absolute Gasteiger partial charge is 0.128 e. The van der Waals surface area contributed by atoms with Crippen molar-refractivity contribution in [3.8, 4) is 5.75 Å². The maximum Gasteiger partial charge on any atom is 0.128 e. The largest absolute Gasteiger partial charge is 0.496 e. The fourth-order valence-electron chi connectivity index (χ4n) is 1.63. The van der Waals surface area contributed by atoms with Gasteiger partial charge in [0, 0.05) is 17.1 Å². The molecule has 1 aromatic carbocycles. The summed E-state index contributed by atoms with van der Waals surface area (Å²) in [6.45, 7) is 0.527. The van der Waals surface area contributed by atoms with E-state index in [1.165, 1.54) is 0 Å². The highest BCUT2D eigenvalue weighted by Crippen LogP contribution is 2.26. The molecule has 3 N–H and O–H groups in total. The Balaban J connectivity index is 2.15. The van der Waals surface area contributed by atoms with Crippen molar-refractivity contribution in [3.63, 3.8) is 0 Å². The molecule has 1 aromatic heterocycles. The van der Waals surface area contributed by atoms with Crippen LogP contribution in [0.5, 0.6) is 5.75 Å². The summed E-state index contributed by atoms with van der Waals surface area (Å²) in [5.74, 6) is 1.93. The molecule has 18 heavy (non-hydrogen) atoms. The van der Waals surface area contributed by atoms with E-state index in [0.717, 1.165) is 11.3 Å². The summed E-state index contributed by atoms with van der Waals surface area (Å²) >= 11 is 6.14. The average molecular weight is 264 g/mol. The van der Waals surface area contributed by atoms with Gasteiger partial charge in [0.1, 0.15) is 17.4 Å². The third kappa shape index (κ3) is 2.84. The normalized spacial score (nSPS) is 10.1. The van der Waals surface area contributed by atoms with Crippen molar-refractivity contribution in [2.75, 3.05) is 18.2 Å². The number of anilines is 2. The van der Waals surface area contributed by atoms with Gasteiger partial charge in [-0.25, -0.2) is 4.98 Å². The highest BCUT2D eigenvalue weighted by Gasteiger charge is 2.07. The van der Waals surface area contributed by atoms with Gasteiger partial charge in [0.25, 0.3) is 0 Å². The number of nitrogens with one attached hydrogen (secondary N) is 1. The number of nitrogen functional groups attached to an aromatic ring is 1. The summed E-state index contributed by atoms with van der Waals surface area (Å²) in [5, 5.41) is 3.82. The number of hydrogen-bond donors (Lipinski definition) is 2. The van der Waals surface area contributed by atoms with Crippen molar-refractivity contribution in [1.82, 2.24) is 4.98 Å². The van der Waals surface area contributed by atoms with E-state index in [4.69, 9.17) is 22.1 Å². The highest BCUT2D eigenvalue weighted by molar-refractivity contribution is 6.31. The van der Waals surface area contributed by atoms with E-state index in [1.807, 2.05) is 30.3 Å². The van der Waals surface area contributed by atoms with Crippen molar-refractivity contribution >= 4 is 23.2 Å². The van der Waals surface area contributed by atoms with Gasteiger partial charge >= 0.3 is 0 Å². The van der Waals surface area contributed by atoms with Crippen LogP contribution in [0.25, 0.3) is 0 Å². The number of ether oxygens (including phenoxy) is 1. The molecule has 0 bridgehead atoms. The van der Waals surface area contributed by atoms with Gasteiger partial charge in [0.15, 0.2) is 0 Å². The molecule has 0 unspecified atom stereocenters. The van der Waals surface area contributed by atoms with Crippen LogP contribution in [-0.4, -0.2) is 12.1 Å². The summed E-state index contributed by atoms with van der Waals surface area (Å²) in [7, 11) is 1.62. The van der Waals surface area contributed by atoms with Crippen LogP contribution >= 0.6 is 11.6 Å². The van der Waals surface area contributed by atoms with Gasteiger partial charge < -0.3 is 15.8 Å². The molecule has 2 aromatic rings. The number of rotatable bonds is 4. The number of halogens is 1. The molecule has 0 radical (unpaired) electrons. The van der Waals surface area contributed by atoms with Crippen LogP contribution in [0, 0.1) is 0 Å². The van der Waals surface area contributed by atoms with E-state index < -0.39 is 0 Å². The zero-order valence-electron chi connectivity index (χ0n) is 9.98. The minimum absolute atomic E-state index is 0.478. The Morgan fingerprint density at radius 1 is 1.28 bits per heavy atom. The molecule has 0 aliphatic rings. The Hall–Kier alpha value is -1.94. The number of nitrogens with two attached hydrogens (primary N) is 1. The lowest BCUT2D eigenvalue weighted by Gasteiger charge is -2.11. The van der Waals surface area contributed by atoms with Crippen molar-refractivity contribution in [3.05, 3.63) is 47.0 Å². The summed E-state index contributed by atoms with van der Waals surface area (Å²) < 4.78 is 5.27. The van der Waals surface area contributed by atoms with Crippen LogP contribution < -0.4 is 15.8 Å². The van der Waals surface area contributed by atoms with Gasteiger partial charge in [-0.05, 0) is 24.3 Å². The minimum atomic E-state index is 0.478. The first-order valence-corrected chi connectivity index (χ1v) is 5.86. The number of nitrogens with zero attached hydrogens (tertiary/aromatic N) is 1. The number of methoxy groups -OCH3 is 1. The summed E-state index contributed by atoms with van der Waals surface area (Å²) in [6, 6.07) is 11.0. The Morgan fingerprint density at radius 3 is 2.78 bits per heavy atom. The van der Waals surface area contributed by atoms with Gasteiger partial charge in [-0.2, -0.15) is 0 Å². The Labute approximate surface area is 111 Å². The predicted molar refractivity (Wildman–Crippen MR) is 74.0 cm³/mol. The molecule has 0 saturated heterocycles. The molecule has 94 valence electrons. The van der Waals surface area contributed by atoms with Gasteiger partial charge in [-0.3, -0.25) is 0 Å². The van der Waals surface area contributed by atoms with E-state index in [1.54, 1.807) is 13.2 Å². The summed E-state index contributed by atoms with van der Waals surface area (Å²) in [6.07, 6.45) is 0. The molecule has 0 fully saturated rings. The molecule has 0 aliphatic carbocycles. The second kappa shape index (κ2) is 5.60. The zero-order valence-corrected chi connectivity index (χ0v) is 10.7. The quantitative estimate of drug-likeness (QED) is 0.890. The van der Waals surface area contributed by atoms with E-state index in [9.17, 15) is 0 Å². The number of pyridine rings is 1. The predicted octanol–water partition coefficient (Wildman–Crippen LogP) is 2.94. The van der Waals surface area contributed by atoms with Crippen LogP contribution in [0.4, 0.5) is 11.6 Å². The molecule has 0 saturated carbocycles. The first kappa shape index (κ1) is 12.5. The molecule has 1 heterocycles. The van der Waals surface area contributed by atoms with Crippen LogP contribution in [0.15, 0.2) is 36.4 Å². The van der Waals surface area contributed by atoms with Crippen molar-refractivity contribution in [2.24, 2.45) is 0 Å². The molecular weight excluding hydrogens is 250 g/mol. The van der Waals surface area contributed by atoms with Crippen molar-refractivity contribution < 1.29 is 4.74 Å². The maximum absolute atomic E-state index is 6.14. The number of aromatic nitrogens is 1. The highest BCUT2D eigenvalue weighted by atomic mass is 35.5. The Bertz CT molecular complexity index is 546. The Morgan fingerprint density at radius 2 is 2.06 bits per heavy atom. The topological polar surface area (TPSA) is 60.2 Å². The van der Waals surface area contributed by atoms with Gasteiger partial charge in [0.05, 0.1) is 7.11 Å².